The summed E-state index contributed by atoms with van der Waals surface area (Å²) in [6, 6.07) is 5.30. The molecular formula is C21H26N4O3. The van der Waals surface area contributed by atoms with E-state index in [0.717, 1.165) is 30.8 Å². The summed E-state index contributed by atoms with van der Waals surface area (Å²) < 4.78 is 0. The van der Waals surface area contributed by atoms with E-state index in [1.807, 2.05) is 12.1 Å². The standard InChI is InChI=1S/C21H26N4O3/c26-18-6-5-17(19(27)24-18)25-12-16-13(3-1-4-15(16)20(25)28)10-23-21-7-2-8-22-11-14(21)9-21/h1,3-4,14,17,22-23H,2,5-12H2,(H,24,26,27). The highest BCUT2D eigenvalue weighted by atomic mass is 16.2. The lowest BCUT2D eigenvalue weighted by molar-refractivity contribution is -0.136. The second-order valence-corrected chi connectivity index (χ2v) is 8.56. The normalized spacial score (nSPS) is 31.9. The van der Waals surface area contributed by atoms with Crippen molar-refractivity contribution in [3.8, 4) is 0 Å². The molecule has 7 heteroatoms. The predicted molar refractivity (Wildman–Crippen MR) is 102 cm³/mol. The van der Waals surface area contributed by atoms with E-state index in [1.165, 1.54) is 19.3 Å². The molecule has 1 saturated carbocycles. The molecule has 3 amide bonds. The third-order valence-corrected chi connectivity index (χ3v) is 6.91. The van der Waals surface area contributed by atoms with Crippen molar-refractivity contribution in [3.05, 3.63) is 34.9 Å². The number of carbonyl (C=O) groups excluding carboxylic acids is 3. The Morgan fingerprint density at radius 2 is 2.14 bits per heavy atom. The summed E-state index contributed by atoms with van der Waals surface area (Å²) in [7, 11) is 0. The largest absolute Gasteiger partial charge is 0.322 e. The fourth-order valence-corrected chi connectivity index (χ4v) is 5.15. The Morgan fingerprint density at radius 3 is 3.00 bits per heavy atom. The molecule has 3 N–H and O–H groups in total. The van der Waals surface area contributed by atoms with Crippen molar-refractivity contribution in [2.24, 2.45) is 5.92 Å². The van der Waals surface area contributed by atoms with Crippen LogP contribution >= 0.6 is 0 Å². The van der Waals surface area contributed by atoms with E-state index in [1.54, 1.807) is 4.90 Å². The van der Waals surface area contributed by atoms with Crippen LogP contribution < -0.4 is 16.0 Å². The molecule has 1 aromatic rings. The maximum Gasteiger partial charge on any atom is 0.255 e. The molecule has 5 rings (SSSR count). The Balaban J connectivity index is 1.32. The number of piperidine rings is 1. The lowest BCUT2D eigenvalue weighted by Gasteiger charge is -2.29. The predicted octanol–water partition coefficient (Wildman–Crippen LogP) is 0.679. The number of benzene rings is 1. The molecule has 1 aliphatic carbocycles. The van der Waals surface area contributed by atoms with Crippen LogP contribution in [-0.4, -0.2) is 47.3 Å². The van der Waals surface area contributed by atoms with E-state index in [4.69, 9.17) is 0 Å². The van der Waals surface area contributed by atoms with Crippen LogP contribution in [0.1, 0.15) is 53.6 Å². The summed E-state index contributed by atoms with van der Waals surface area (Å²) >= 11 is 0. The van der Waals surface area contributed by atoms with Gasteiger partial charge in [0.25, 0.3) is 5.91 Å². The average Bonchev–Trinajstić information content (AvgIpc) is 3.30. The van der Waals surface area contributed by atoms with Crippen molar-refractivity contribution in [2.75, 3.05) is 13.1 Å². The summed E-state index contributed by atoms with van der Waals surface area (Å²) in [5, 5.41) is 9.66. The number of nitrogens with zero attached hydrogens (tertiary/aromatic N) is 1. The topological polar surface area (TPSA) is 90.5 Å². The number of amides is 3. The zero-order valence-electron chi connectivity index (χ0n) is 15.9. The minimum Gasteiger partial charge on any atom is -0.322 e. The van der Waals surface area contributed by atoms with E-state index in [2.05, 4.69) is 22.0 Å². The summed E-state index contributed by atoms with van der Waals surface area (Å²) in [5.74, 6) is -0.0185. The molecule has 3 fully saturated rings. The van der Waals surface area contributed by atoms with Gasteiger partial charge in [0, 0.05) is 30.6 Å². The van der Waals surface area contributed by atoms with Gasteiger partial charge in [-0.3, -0.25) is 19.7 Å². The highest BCUT2D eigenvalue weighted by molar-refractivity contribution is 6.05. The number of rotatable bonds is 4. The second kappa shape index (κ2) is 6.67. The number of hydrogen-bond acceptors (Lipinski definition) is 5. The molecule has 1 aromatic carbocycles. The third kappa shape index (κ3) is 2.93. The van der Waals surface area contributed by atoms with Gasteiger partial charge in [-0.15, -0.1) is 0 Å². The molecule has 3 unspecified atom stereocenters. The summed E-state index contributed by atoms with van der Waals surface area (Å²) in [5.41, 5.74) is 3.09. The maximum absolute atomic E-state index is 12.9. The van der Waals surface area contributed by atoms with Gasteiger partial charge in [0.2, 0.25) is 11.8 Å². The van der Waals surface area contributed by atoms with Gasteiger partial charge >= 0.3 is 0 Å². The van der Waals surface area contributed by atoms with E-state index >= 15 is 0 Å². The molecule has 3 aliphatic heterocycles. The Morgan fingerprint density at radius 1 is 1.25 bits per heavy atom. The molecule has 0 radical (unpaired) electrons. The molecule has 3 heterocycles. The summed E-state index contributed by atoms with van der Waals surface area (Å²) in [4.78, 5) is 38.2. The lowest BCUT2D eigenvalue weighted by atomic mass is 10.0. The Kier molecular flexibility index (Phi) is 4.25. The van der Waals surface area contributed by atoms with Crippen molar-refractivity contribution in [2.45, 2.75) is 56.8 Å². The molecule has 4 aliphatic rings. The smallest absolute Gasteiger partial charge is 0.255 e. The first kappa shape index (κ1) is 17.8. The second-order valence-electron chi connectivity index (χ2n) is 8.56. The van der Waals surface area contributed by atoms with Crippen LogP contribution in [-0.2, 0) is 22.7 Å². The molecule has 0 bridgehead atoms. The molecule has 148 valence electrons. The number of imide groups is 1. The summed E-state index contributed by atoms with van der Waals surface area (Å²) in [6.45, 7) is 3.37. The molecule has 28 heavy (non-hydrogen) atoms. The number of hydrogen-bond donors (Lipinski definition) is 3. The van der Waals surface area contributed by atoms with Crippen LogP contribution in [0.2, 0.25) is 0 Å². The zero-order chi connectivity index (χ0) is 19.3. The molecular weight excluding hydrogens is 356 g/mol. The molecule has 2 saturated heterocycles. The van der Waals surface area contributed by atoms with Crippen LogP contribution in [0.25, 0.3) is 0 Å². The quantitative estimate of drug-likeness (QED) is 0.667. The highest BCUT2D eigenvalue weighted by Crippen LogP contribution is 2.48. The van der Waals surface area contributed by atoms with Crippen LogP contribution in [0.15, 0.2) is 18.2 Å². The van der Waals surface area contributed by atoms with E-state index in [0.29, 0.717) is 24.4 Å². The molecule has 7 nitrogen and oxygen atoms in total. The third-order valence-electron chi connectivity index (χ3n) is 6.91. The Bertz CT molecular complexity index is 854. The van der Waals surface area contributed by atoms with Crippen LogP contribution in [0, 0.1) is 5.92 Å². The van der Waals surface area contributed by atoms with Crippen molar-refractivity contribution >= 4 is 17.7 Å². The zero-order valence-corrected chi connectivity index (χ0v) is 15.9. The van der Waals surface area contributed by atoms with Crippen molar-refractivity contribution in [3.63, 3.8) is 0 Å². The molecule has 0 aromatic heterocycles. The average molecular weight is 382 g/mol. The van der Waals surface area contributed by atoms with E-state index < -0.39 is 6.04 Å². The van der Waals surface area contributed by atoms with Gasteiger partial charge in [-0.05, 0) is 61.9 Å². The number of carbonyl (C=O) groups is 3. The Hall–Kier alpha value is -2.25. The van der Waals surface area contributed by atoms with Crippen molar-refractivity contribution in [1.82, 2.24) is 20.9 Å². The highest BCUT2D eigenvalue weighted by Gasteiger charge is 2.53. The first-order chi connectivity index (χ1) is 13.6. The monoisotopic (exact) mass is 382 g/mol. The van der Waals surface area contributed by atoms with Crippen molar-refractivity contribution < 1.29 is 14.4 Å². The van der Waals surface area contributed by atoms with Crippen LogP contribution in [0.5, 0.6) is 0 Å². The Labute approximate surface area is 164 Å². The van der Waals surface area contributed by atoms with Gasteiger partial charge in [-0.25, -0.2) is 0 Å². The van der Waals surface area contributed by atoms with Crippen LogP contribution in [0.3, 0.4) is 0 Å². The van der Waals surface area contributed by atoms with Crippen molar-refractivity contribution in [1.29, 1.82) is 0 Å². The van der Waals surface area contributed by atoms with Gasteiger partial charge in [-0.1, -0.05) is 12.1 Å². The van der Waals surface area contributed by atoms with Gasteiger partial charge in [-0.2, -0.15) is 0 Å². The van der Waals surface area contributed by atoms with Gasteiger partial charge in [0.05, 0.1) is 0 Å². The van der Waals surface area contributed by atoms with Gasteiger partial charge in [0.1, 0.15) is 6.04 Å². The first-order valence-corrected chi connectivity index (χ1v) is 10.3. The van der Waals surface area contributed by atoms with Gasteiger partial charge in [0.15, 0.2) is 0 Å². The minimum absolute atomic E-state index is 0.104. The number of fused-ring (bicyclic) bond motifs is 2. The van der Waals surface area contributed by atoms with Gasteiger partial charge < -0.3 is 15.5 Å². The van der Waals surface area contributed by atoms with Crippen LogP contribution in [0.4, 0.5) is 0 Å². The van der Waals surface area contributed by atoms with E-state index in [9.17, 15) is 14.4 Å². The molecule has 0 spiro atoms. The maximum atomic E-state index is 12.9. The molecule has 3 atom stereocenters. The SMILES string of the molecule is O=C1CCC(N2Cc3c(CNC45CCCNCC4C5)cccc3C2=O)C(=O)N1. The fraction of sp³-hybridized carbons (Fsp3) is 0.571. The minimum atomic E-state index is -0.558. The fourth-order valence-electron chi connectivity index (χ4n) is 5.15. The van der Waals surface area contributed by atoms with E-state index in [-0.39, 0.29) is 29.7 Å². The first-order valence-electron chi connectivity index (χ1n) is 10.3. The summed E-state index contributed by atoms with van der Waals surface area (Å²) in [6.07, 6.45) is 4.29. The lowest BCUT2D eigenvalue weighted by Crippen LogP contribution is -2.52. The number of nitrogens with one attached hydrogen (secondary N) is 3.